The fourth-order valence-corrected chi connectivity index (χ4v) is 4.67. The molecule has 182 valence electrons. The standard InChI is InChI=1S/C27H35N3O4/c31-26(29-17-7-2-8-18-29)33-21-23-12-14-25(15-13-23)34-27(32)30(19-22-9-3-1-4-10-22)20-24-11-5-6-16-28-24/h1,3-6,9-11,16,23,25H,2,7-8,12-15,17-21H2. The zero-order valence-electron chi connectivity index (χ0n) is 19.8. The number of likely N-dealkylation sites (tertiary alicyclic amines) is 1. The van der Waals surface area contributed by atoms with E-state index in [-0.39, 0.29) is 18.3 Å². The molecule has 0 N–H and O–H groups in total. The Balaban J connectivity index is 1.25. The van der Waals surface area contributed by atoms with Gasteiger partial charge < -0.3 is 14.4 Å². The molecule has 1 aliphatic carbocycles. The Morgan fingerprint density at radius 2 is 1.65 bits per heavy atom. The van der Waals surface area contributed by atoms with Crippen molar-refractivity contribution in [2.24, 2.45) is 5.92 Å². The first-order valence-corrected chi connectivity index (χ1v) is 12.5. The summed E-state index contributed by atoms with van der Waals surface area (Å²) in [5.74, 6) is 0.331. The highest BCUT2D eigenvalue weighted by atomic mass is 16.6. The van der Waals surface area contributed by atoms with E-state index >= 15 is 0 Å². The molecule has 2 aliphatic rings. The monoisotopic (exact) mass is 465 g/mol. The molecule has 1 aromatic heterocycles. The van der Waals surface area contributed by atoms with Crippen molar-refractivity contribution in [1.29, 1.82) is 0 Å². The molecule has 2 amide bonds. The number of aromatic nitrogens is 1. The Kier molecular flexibility index (Phi) is 8.77. The van der Waals surface area contributed by atoms with Crippen LogP contribution in [-0.4, -0.2) is 52.8 Å². The van der Waals surface area contributed by atoms with Gasteiger partial charge in [0.2, 0.25) is 0 Å². The molecular weight excluding hydrogens is 430 g/mol. The van der Waals surface area contributed by atoms with Crippen LogP contribution >= 0.6 is 0 Å². The average molecular weight is 466 g/mol. The maximum atomic E-state index is 13.1. The summed E-state index contributed by atoms with van der Waals surface area (Å²) in [5.41, 5.74) is 1.88. The lowest BCUT2D eigenvalue weighted by atomic mass is 9.88. The second-order valence-corrected chi connectivity index (χ2v) is 9.31. The van der Waals surface area contributed by atoms with Gasteiger partial charge in [-0.15, -0.1) is 0 Å². The predicted octanol–water partition coefficient (Wildman–Crippen LogP) is 5.40. The summed E-state index contributed by atoms with van der Waals surface area (Å²) in [6.07, 6.45) is 7.82. The fraction of sp³-hybridized carbons (Fsp3) is 0.519. The van der Waals surface area contributed by atoms with Gasteiger partial charge in [0.15, 0.2) is 0 Å². The first kappa shape index (κ1) is 24.0. The lowest BCUT2D eigenvalue weighted by molar-refractivity contribution is 0.0228. The van der Waals surface area contributed by atoms with Gasteiger partial charge in [-0.1, -0.05) is 36.4 Å². The van der Waals surface area contributed by atoms with Crippen molar-refractivity contribution in [3.05, 3.63) is 66.0 Å². The number of hydrogen-bond acceptors (Lipinski definition) is 5. The predicted molar refractivity (Wildman–Crippen MR) is 129 cm³/mol. The quantitative estimate of drug-likeness (QED) is 0.547. The van der Waals surface area contributed by atoms with Crippen LogP contribution in [0.4, 0.5) is 9.59 Å². The van der Waals surface area contributed by atoms with E-state index in [1.807, 2.05) is 53.4 Å². The van der Waals surface area contributed by atoms with Gasteiger partial charge in [0.25, 0.3) is 0 Å². The van der Waals surface area contributed by atoms with Crippen molar-refractivity contribution in [1.82, 2.24) is 14.8 Å². The summed E-state index contributed by atoms with van der Waals surface area (Å²) in [7, 11) is 0. The number of benzene rings is 1. The Bertz CT molecular complexity index is 853. The van der Waals surface area contributed by atoms with Crippen molar-refractivity contribution in [3.8, 4) is 0 Å². The van der Waals surface area contributed by atoms with Crippen LogP contribution < -0.4 is 0 Å². The normalized spacial score (nSPS) is 20.4. The SMILES string of the molecule is O=C(OCC1CCC(OC(=O)N(Cc2ccccc2)Cc2ccccn2)CC1)N1CCCCC1. The number of nitrogens with zero attached hydrogens (tertiary/aromatic N) is 3. The number of amides is 2. The highest BCUT2D eigenvalue weighted by Crippen LogP contribution is 2.27. The molecule has 0 unspecified atom stereocenters. The Hall–Kier alpha value is -3.09. The number of rotatable bonds is 7. The van der Waals surface area contributed by atoms with Crippen LogP contribution in [0.2, 0.25) is 0 Å². The zero-order valence-corrected chi connectivity index (χ0v) is 19.8. The fourth-order valence-electron chi connectivity index (χ4n) is 4.67. The minimum atomic E-state index is -0.311. The lowest BCUT2D eigenvalue weighted by Gasteiger charge is -2.31. The second-order valence-electron chi connectivity index (χ2n) is 9.31. The van der Waals surface area contributed by atoms with Crippen LogP contribution in [0, 0.1) is 5.92 Å². The van der Waals surface area contributed by atoms with Crippen LogP contribution in [-0.2, 0) is 22.6 Å². The molecule has 0 spiro atoms. The highest BCUT2D eigenvalue weighted by Gasteiger charge is 2.28. The first-order chi connectivity index (χ1) is 16.7. The number of piperidine rings is 1. The molecule has 2 fully saturated rings. The van der Waals surface area contributed by atoms with E-state index in [4.69, 9.17) is 9.47 Å². The molecule has 4 rings (SSSR count). The third-order valence-electron chi connectivity index (χ3n) is 6.67. The third kappa shape index (κ3) is 7.20. The number of hydrogen-bond donors (Lipinski definition) is 0. The van der Waals surface area contributed by atoms with E-state index in [0.29, 0.717) is 25.6 Å². The molecule has 2 heterocycles. The minimum Gasteiger partial charge on any atom is -0.449 e. The molecule has 7 heteroatoms. The number of ether oxygens (including phenoxy) is 2. The number of carbonyl (C=O) groups excluding carboxylic acids is 2. The highest BCUT2D eigenvalue weighted by molar-refractivity contribution is 5.68. The zero-order chi connectivity index (χ0) is 23.6. The molecule has 1 aliphatic heterocycles. The van der Waals surface area contributed by atoms with Crippen LogP contribution in [0.1, 0.15) is 56.2 Å². The molecule has 1 saturated heterocycles. The van der Waals surface area contributed by atoms with Gasteiger partial charge in [-0.3, -0.25) is 9.88 Å². The maximum Gasteiger partial charge on any atom is 0.410 e. The molecule has 1 saturated carbocycles. The average Bonchev–Trinajstić information content (AvgIpc) is 2.89. The summed E-state index contributed by atoms with van der Waals surface area (Å²) in [5, 5.41) is 0. The van der Waals surface area contributed by atoms with E-state index in [1.54, 1.807) is 11.1 Å². The summed E-state index contributed by atoms with van der Waals surface area (Å²) in [4.78, 5) is 33.2. The summed E-state index contributed by atoms with van der Waals surface area (Å²) < 4.78 is 11.5. The smallest absolute Gasteiger partial charge is 0.410 e. The van der Waals surface area contributed by atoms with Crippen molar-refractivity contribution in [2.75, 3.05) is 19.7 Å². The van der Waals surface area contributed by atoms with E-state index in [2.05, 4.69) is 4.98 Å². The minimum absolute atomic E-state index is 0.108. The molecule has 0 radical (unpaired) electrons. The number of pyridine rings is 1. The van der Waals surface area contributed by atoms with E-state index in [1.165, 1.54) is 6.42 Å². The molecule has 34 heavy (non-hydrogen) atoms. The first-order valence-electron chi connectivity index (χ1n) is 12.5. The molecule has 2 aromatic rings. The summed E-state index contributed by atoms with van der Waals surface area (Å²) >= 11 is 0. The second kappa shape index (κ2) is 12.4. The Morgan fingerprint density at radius 1 is 0.912 bits per heavy atom. The van der Waals surface area contributed by atoms with Gasteiger partial charge in [0, 0.05) is 25.8 Å². The van der Waals surface area contributed by atoms with Gasteiger partial charge in [-0.2, -0.15) is 0 Å². The molecule has 0 atom stereocenters. The van der Waals surface area contributed by atoms with E-state index < -0.39 is 0 Å². The molecular formula is C27H35N3O4. The number of carbonyl (C=O) groups is 2. The van der Waals surface area contributed by atoms with Crippen molar-refractivity contribution < 1.29 is 19.1 Å². The van der Waals surface area contributed by atoms with Crippen molar-refractivity contribution in [3.63, 3.8) is 0 Å². The summed E-state index contributed by atoms with van der Waals surface area (Å²) in [6, 6.07) is 15.6. The van der Waals surface area contributed by atoms with Crippen LogP contribution in [0.5, 0.6) is 0 Å². The summed E-state index contributed by atoms with van der Waals surface area (Å²) in [6.45, 7) is 2.93. The van der Waals surface area contributed by atoms with Crippen LogP contribution in [0.25, 0.3) is 0 Å². The van der Waals surface area contributed by atoms with Gasteiger partial charge in [-0.05, 0) is 68.6 Å². The van der Waals surface area contributed by atoms with Crippen LogP contribution in [0.15, 0.2) is 54.7 Å². The Labute approximate surface area is 202 Å². The largest absolute Gasteiger partial charge is 0.449 e. The van der Waals surface area contributed by atoms with Gasteiger partial charge in [0.1, 0.15) is 6.10 Å². The molecule has 0 bridgehead atoms. The van der Waals surface area contributed by atoms with Crippen LogP contribution in [0.3, 0.4) is 0 Å². The van der Waals surface area contributed by atoms with Gasteiger partial charge in [-0.25, -0.2) is 9.59 Å². The van der Waals surface area contributed by atoms with Crippen molar-refractivity contribution >= 4 is 12.2 Å². The lowest BCUT2D eigenvalue weighted by Crippen LogP contribution is -2.37. The Morgan fingerprint density at radius 3 is 2.35 bits per heavy atom. The van der Waals surface area contributed by atoms with Gasteiger partial charge >= 0.3 is 12.2 Å². The van der Waals surface area contributed by atoms with Crippen molar-refractivity contribution in [2.45, 2.75) is 64.1 Å². The molecule has 1 aromatic carbocycles. The van der Waals surface area contributed by atoms with Gasteiger partial charge in [0.05, 0.1) is 18.8 Å². The topological polar surface area (TPSA) is 72.0 Å². The van der Waals surface area contributed by atoms with E-state index in [0.717, 1.165) is 62.9 Å². The third-order valence-corrected chi connectivity index (χ3v) is 6.67. The maximum absolute atomic E-state index is 13.1. The molecule has 7 nitrogen and oxygen atoms in total. The van der Waals surface area contributed by atoms with E-state index in [9.17, 15) is 9.59 Å².